The molecule has 0 spiro atoms. The zero-order valence-corrected chi connectivity index (χ0v) is 27.1. The zero-order valence-electron chi connectivity index (χ0n) is 27.1. The first kappa shape index (κ1) is 28.3. The van der Waals surface area contributed by atoms with Crippen LogP contribution in [-0.4, -0.2) is 10.4 Å². The van der Waals surface area contributed by atoms with E-state index in [0.717, 1.165) is 27.9 Å². The Kier molecular flexibility index (Phi) is 6.24. The molecule has 1 aliphatic carbocycles. The van der Waals surface area contributed by atoms with Crippen molar-refractivity contribution < 1.29 is 4.79 Å². The molecule has 0 bridgehead atoms. The lowest BCUT2D eigenvalue weighted by Gasteiger charge is -2.22. The third-order valence-electron chi connectivity index (χ3n) is 9.95. The minimum absolute atomic E-state index is 0.0365. The Labute approximate surface area is 271 Å². The predicted molar refractivity (Wildman–Crippen MR) is 192 cm³/mol. The van der Waals surface area contributed by atoms with Gasteiger partial charge in [0.2, 0.25) is 0 Å². The Bertz CT molecular complexity index is 2330. The van der Waals surface area contributed by atoms with E-state index in [9.17, 15) is 4.79 Å². The molecule has 6 aromatic carbocycles. The highest BCUT2D eigenvalue weighted by Crippen LogP contribution is 2.51. The summed E-state index contributed by atoms with van der Waals surface area (Å²) in [6, 6.07) is 47.1. The van der Waals surface area contributed by atoms with E-state index < -0.39 is 0 Å². The second kappa shape index (κ2) is 10.2. The maximum absolute atomic E-state index is 14.0. The number of nitrogens with zero attached hydrogens (tertiary/aromatic N) is 1. The van der Waals surface area contributed by atoms with Crippen LogP contribution >= 0.6 is 0 Å². The lowest BCUT2D eigenvalue weighted by molar-refractivity contribution is 0.103. The summed E-state index contributed by atoms with van der Waals surface area (Å²) in [4.78, 5) is 14.0. The Morgan fingerprint density at radius 2 is 1.28 bits per heavy atom. The summed E-state index contributed by atoms with van der Waals surface area (Å²) in [5.41, 5.74) is 13.3. The Morgan fingerprint density at radius 3 is 2.09 bits per heavy atom. The smallest absolute Gasteiger partial charge is 0.193 e. The number of fused-ring (bicyclic) bond motifs is 6. The van der Waals surface area contributed by atoms with Gasteiger partial charge in [0.25, 0.3) is 0 Å². The van der Waals surface area contributed by atoms with Gasteiger partial charge in [0, 0.05) is 32.9 Å². The molecule has 0 N–H and O–H groups in total. The van der Waals surface area contributed by atoms with Crippen LogP contribution in [0.1, 0.15) is 67.2 Å². The van der Waals surface area contributed by atoms with Crippen molar-refractivity contribution in [2.45, 2.75) is 45.4 Å². The van der Waals surface area contributed by atoms with E-state index in [-0.39, 0.29) is 16.6 Å². The topological polar surface area (TPSA) is 22.0 Å². The van der Waals surface area contributed by atoms with Gasteiger partial charge in [0.15, 0.2) is 5.78 Å². The van der Waals surface area contributed by atoms with Crippen LogP contribution in [0.5, 0.6) is 0 Å². The first-order valence-electron chi connectivity index (χ1n) is 16.2. The number of carbonyl (C=O) groups excluding carboxylic acids is 1. The average molecular weight is 596 g/mol. The van der Waals surface area contributed by atoms with E-state index in [1.54, 1.807) is 0 Å². The van der Waals surface area contributed by atoms with Gasteiger partial charge in [-0.05, 0) is 81.3 Å². The monoisotopic (exact) mass is 595 g/mol. The quantitative estimate of drug-likeness (QED) is 0.186. The highest BCUT2D eigenvalue weighted by atomic mass is 16.1. The van der Waals surface area contributed by atoms with Gasteiger partial charge in [-0.2, -0.15) is 0 Å². The molecule has 0 fully saturated rings. The summed E-state index contributed by atoms with van der Waals surface area (Å²) < 4.78 is 2.40. The lowest BCUT2D eigenvalue weighted by atomic mass is 9.82. The van der Waals surface area contributed by atoms with Crippen molar-refractivity contribution in [1.29, 1.82) is 0 Å². The van der Waals surface area contributed by atoms with E-state index >= 15 is 0 Å². The van der Waals surface area contributed by atoms with Gasteiger partial charge in [0.05, 0.1) is 16.7 Å². The number of ketones is 1. The fourth-order valence-corrected chi connectivity index (χ4v) is 7.44. The lowest BCUT2D eigenvalue weighted by Crippen LogP contribution is -2.15. The second-order valence-corrected chi connectivity index (χ2v) is 14.2. The summed E-state index contributed by atoms with van der Waals surface area (Å²) >= 11 is 0. The Morgan fingerprint density at radius 1 is 0.565 bits per heavy atom. The second-order valence-electron chi connectivity index (χ2n) is 14.2. The van der Waals surface area contributed by atoms with Crippen LogP contribution in [0.15, 0.2) is 133 Å². The number of aromatic nitrogens is 1. The molecule has 7 aromatic rings. The molecule has 0 unspecified atom stereocenters. The van der Waals surface area contributed by atoms with E-state index in [0.29, 0.717) is 11.1 Å². The molecule has 0 aliphatic heterocycles. The molecule has 1 aromatic heterocycles. The van der Waals surface area contributed by atoms with Crippen LogP contribution in [0.2, 0.25) is 0 Å². The van der Waals surface area contributed by atoms with Crippen molar-refractivity contribution >= 4 is 27.6 Å². The largest absolute Gasteiger partial charge is 0.309 e. The van der Waals surface area contributed by atoms with Gasteiger partial charge < -0.3 is 4.57 Å². The van der Waals surface area contributed by atoms with Gasteiger partial charge in [-0.1, -0.05) is 126 Å². The molecule has 0 amide bonds. The molecule has 0 radical (unpaired) electrons. The maximum Gasteiger partial charge on any atom is 0.193 e. The number of para-hydroxylation sites is 1. The normalized spacial score (nSPS) is 13.6. The Balaban J connectivity index is 1.38. The average Bonchev–Trinajstić information content (AvgIpc) is 3.51. The van der Waals surface area contributed by atoms with Gasteiger partial charge in [-0.15, -0.1) is 0 Å². The molecule has 8 rings (SSSR count). The molecule has 46 heavy (non-hydrogen) atoms. The summed E-state index contributed by atoms with van der Waals surface area (Å²) in [5.74, 6) is 0.0365. The summed E-state index contributed by atoms with van der Waals surface area (Å²) in [5, 5.41) is 2.46. The number of rotatable bonds is 4. The third-order valence-corrected chi connectivity index (χ3v) is 9.95. The Hall–Kier alpha value is -5.21. The maximum atomic E-state index is 14.0. The highest BCUT2D eigenvalue weighted by molar-refractivity contribution is 6.13. The first-order valence-corrected chi connectivity index (χ1v) is 16.2. The molecular formula is C44H37NO. The van der Waals surface area contributed by atoms with Crippen molar-refractivity contribution in [2.75, 3.05) is 0 Å². The van der Waals surface area contributed by atoms with Gasteiger partial charge >= 0.3 is 0 Å². The van der Waals surface area contributed by atoms with Crippen molar-refractivity contribution in [2.24, 2.45) is 0 Å². The summed E-state index contributed by atoms with van der Waals surface area (Å²) in [6.07, 6.45) is 0. The standard InChI is InChI=1S/C44H37NO/c1-43(2,3)31-17-13-16-29(24-31)42(46)30-22-23-40(34(25-30)28-14-7-6-8-15-28)45-39-21-12-10-19-33(39)36-26-35-32-18-9-11-20-37(32)44(4,5)38(35)27-41(36)45/h6-27H,1-5H3. The van der Waals surface area contributed by atoms with Crippen LogP contribution in [0, 0.1) is 0 Å². The van der Waals surface area contributed by atoms with E-state index in [1.807, 2.05) is 30.3 Å². The van der Waals surface area contributed by atoms with Crippen LogP contribution in [0.4, 0.5) is 0 Å². The van der Waals surface area contributed by atoms with Gasteiger partial charge in [-0.25, -0.2) is 0 Å². The molecule has 0 saturated heterocycles. The van der Waals surface area contributed by atoms with E-state index in [4.69, 9.17) is 0 Å². The zero-order chi connectivity index (χ0) is 31.8. The first-order chi connectivity index (χ1) is 22.1. The van der Waals surface area contributed by atoms with Crippen molar-refractivity contribution in [3.8, 4) is 27.9 Å². The molecular weight excluding hydrogens is 558 g/mol. The fraction of sp³-hybridized carbons (Fsp3) is 0.159. The van der Waals surface area contributed by atoms with Crippen LogP contribution in [0.3, 0.4) is 0 Å². The SMILES string of the molecule is CC(C)(C)c1cccc(C(=O)c2ccc(-n3c4ccccc4c4cc5c(cc43)C(C)(C)c3ccccc3-5)c(-c3ccccc3)c2)c1. The minimum atomic E-state index is -0.110. The molecule has 2 heteroatoms. The number of hydrogen-bond acceptors (Lipinski definition) is 1. The fourth-order valence-electron chi connectivity index (χ4n) is 7.44. The third kappa shape index (κ3) is 4.28. The van der Waals surface area contributed by atoms with Crippen LogP contribution in [-0.2, 0) is 10.8 Å². The van der Waals surface area contributed by atoms with Gasteiger partial charge in [0.1, 0.15) is 0 Å². The van der Waals surface area contributed by atoms with Crippen LogP contribution in [0.25, 0.3) is 49.7 Å². The molecule has 2 nitrogen and oxygen atoms in total. The number of carbonyl (C=O) groups is 1. The number of benzene rings is 6. The molecule has 1 aliphatic rings. The van der Waals surface area contributed by atoms with Crippen molar-refractivity contribution in [3.63, 3.8) is 0 Å². The van der Waals surface area contributed by atoms with Crippen LogP contribution < -0.4 is 0 Å². The minimum Gasteiger partial charge on any atom is -0.309 e. The van der Waals surface area contributed by atoms with Crippen molar-refractivity contribution in [3.05, 3.63) is 161 Å². The molecule has 0 atom stereocenters. The van der Waals surface area contributed by atoms with Gasteiger partial charge in [-0.3, -0.25) is 4.79 Å². The predicted octanol–water partition coefficient (Wildman–Crippen LogP) is 11.3. The number of hydrogen-bond donors (Lipinski definition) is 0. The molecule has 224 valence electrons. The summed E-state index contributed by atoms with van der Waals surface area (Å²) in [7, 11) is 0. The van der Waals surface area contributed by atoms with E-state index in [2.05, 4.69) is 142 Å². The highest BCUT2D eigenvalue weighted by Gasteiger charge is 2.36. The van der Waals surface area contributed by atoms with E-state index in [1.165, 1.54) is 38.5 Å². The molecule has 1 heterocycles. The molecule has 0 saturated carbocycles. The van der Waals surface area contributed by atoms with Crippen molar-refractivity contribution in [1.82, 2.24) is 4.57 Å². The summed E-state index contributed by atoms with van der Waals surface area (Å²) in [6.45, 7) is 11.2.